The quantitative estimate of drug-likeness (QED) is 0.758. The van der Waals surface area contributed by atoms with E-state index in [4.69, 9.17) is 5.73 Å². The molecule has 0 atom stereocenters. The number of carbonyl (C=O) groups is 1. The average Bonchev–Trinajstić information content (AvgIpc) is 2.17. The number of hydrogen-bond acceptors (Lipinski definition) is 2. The first-order valence-electron chi connectivity index (χ1n) is 4.45. The van der Waals surface area contributed by atoms with Crippen LogP contribution in [-0.2, 0) is 6.54 Å². The summed E-state index contributed by atoms with van der Waals surface area (Å²) < 4.78 is 13.3. The standard InChI is InChI=1S/C10H13FN2O/c1-2-13-10(14)8-4-3-7(6-12)5-9(8)11/h3-5H,2,6,12H2,1H3,(H,13,14). The smallest absolute Gasteiger partial charge is 0.254 e. The molecule has 0 aliphatic heterocycles. The third-order valence-corrected chi connectivity index (χ3v) is 1.85. The molecule has 0 aromatic heterocycles. The highest BCUT2D eigenvalue weighted by atomic mass is 19.1. The molecule has 1 aromatic carbocycles. The molecule has 1 aromatic rings. The van der Waals surface area contributed by atoms with Crippen LogP contribution in [0.2, 0.25) is 0 Å². The molecule has 0 bridgehead atoms. The zero-order valence-corrected chi connectivity index (χ0v) is 8.01. The fraction of sp³-hybridized carbons (Fsp3) is 0.300. The van der Waals surface area contributed by atoms with Crippen molar-refractivity contribution >= 4 is 5.91 Å². The van der Waals surface area contributed by atoms with Crippen LogP contribution < -0.4 is 11.1 Å². The molecule has 3 nitrogen and oxygen atoms in total. The van der Waals surface area contributed by atoms with E-state index in [-0.39, 0.29) is 12.1 Å². The second kappa shape index (κ2) is 4.72. The van der Waals surface area contributed by atoms with E-state index in [9.17, 15) is 9.18 Å². The van der Waals surface area contributed by atoms with Crippen molar-refractivity contribution in [3.05, 3.63) is 35.1 Å². The number of rotatable bonds is 3. The Bertz CT molecular complexity index is 339. The first kappa shape index (κ1) is 10.7. The van der Waals surface area contributed by atoms with Crippen molar-refractivity contribution in [2.45, 2.75) is 13.5 Å². The number of carbonyl (C=O) groups excluding carboxylic acids is 1. The van der Waals surface area contributed by atoms with Gasteiger partial charge in [0.15, 0.2) is 0 Å². The molecule has 0 aliphatic rings. The maximum Gasteiger partial charge on any atom is 0.254 e. The van der Waals surface area contributed by atoms with E-state index < -0.39 is 11.7 Å². The van der Waals surface area contributed by atoms with Crippen LogP contribution in [0.25, 0.3) is 0 Å². The zero-order valence-electron chi connectivity index (χ0n) is 8.01. The van der Waals surface area contributed by atoms with Gasteiger partial charge in [-0.1, -0.05) is 6.07 Å². The van der Waals surface area contributed by atoms with E-state index in [2.05, 4.69) is 5.32 Å². The molecule has 0 spiro atoms. The molecule has 1 amide bonds. The topological polar surface area (TPSA) is 55.1 Å². The maximum absolute atomic E-state index is 13.3. The SMILES string of the molecule is CCNC(=O)c1ccc(CN)cc1F. The lowest BCUT2D eigenvalue weighted by atomic mass is 10.1. The minimum atomic E-state index is -0.529. The summed E-state index contributed by atoms with van der Waals surface area (Å²) in [5, 5.41) is 2.53. The van der Waals surface area contributed by atoms with Crippen LogP contribution >= 0.6 is 0 Å². The van der Waals surface area contributed by atoms with Crippen molar-refractivity contribution in [1.29, 1.82) is 0 Å². The van der Waals surface area contributed by atoms with Gasteiger partial charge >= 0.3 is 0 Å². The first-order chi connectivity index (χ1) is 6.69. The molecule has 1 rings (SSSR count). The third kappa shape index (κ3) is 2.29. The molecule has 0 saturated carbocycles. The molecule has 0 fully saturated rings. The summed E-state index contributed by atoms with van der Waals surface area (Å²) in [5.74, 6) is -0.924. The largest absolute Gasteiger partial charge is 0.352 e. The Morgan fingerprint density at radius 2 is 2.29 bits per heavy atom. The number of hydrogen-bond donors (Lipinski definition) is 2. The molecule has 4 heteroatoms. The van der Waals surface area contributed by atoms with Crippen molar-refractivity contribution in [3.8, 4) is 0 Å². The normalized spacial score (nSPS) is 9.93. The minimum Gasteiger partial charge on any atom is -0.352 e. The maximum atomic E-state index is 13.3. The van der Waals surface area contributed by atoms with Crippen molar-refractivity contribution in [2.75, 3.05) is 6.54 Å². The summed E-state index contributed by atoms with van der Waals surface area (Å²) in [6, 6.07) is 4.38. The molecule has 0 radical (unpaired) electrons. The Hall–Kier alpha value is -1.42. The van der Waals surface area contributed by atoms with Crippen molar-refractivity contribution in [2.24, 2.45) is 5.73 Å². The van der Waals surface area contributed by atoms with Gasteiger partial charge in [-0.3, -0.25) is 4.79 Å². The average molecular weight is 196 g/mol. The number of halogens is 1. The van der Waals surface area contributed by atoms with Gasteiger partial charge in [0.2, 0.25) is 0 Å². The van der Waals surface area contributed by atoms with Gasteiger partial charge in [-0.15, -0.1) is 0 Å². The molecule has 0 aliphatic carbocycles. The monoisotopic (exact) mass is 196 g/mol. The predicted molar refractivity (Wildman–Crippen MR) is 52.3 cm³/mol. The van der Waals surface area contributed by atoms with Crippen LogP contribution in [0.1, 0.15) is 22.8 Å². The predicted octanol–water partition coefficient (Wildman–Crippen LogP) is 1.03. The Morgan fingerprint density at radius 1 is 1.57 bits per heavy atom. The van der Waals surface area contributed by atoms with Crippen LogP contribution in [-0.4, -0.2) is 12.5 Å². The Kier molecular flexibility index (Phi) is 3.59. The highest BCUT2D eigenvalue weighted by molar-refractivity contribution is 5.94. The van der Waals surface area contributed by atoms with E-state index >= 15 is 0 Å². The van der Waals surface area contributed by atoms with Gasteiger partial charge in [-0.05, 0) is 24.6 Å². The van der Waals surface area contributed by atoms with Crippen molar-refractivity contribution in [1.82, 2.24) is 5.32 Å². The Morgan fingerprint density at radius 3 is 2.79 bits per heavy atom. The van der Waals surface area contributed by atoms with Crippen molar-refractivity contribution < 1.29 is 9.18 Å². The van der Waals surface area contributed by atoms with Gasteiger partial charge in [0.05, 0.1) is 5.56 Å². The second-order valence-electron chi connectivity index (χ2n) is 2.88. The molecule has 14 heavy (non-hydrogen) atoms. The van der Waals surface area contributed by atoms with Gasteiger partial charge in [-0.25, -0.2) is 4.39 Å². The van der Waals surface area contributed by atoms with Gasteiger partial charge in [0.25, 0.3) is 5.91 Å². The molecule has 0 saturated heterocycles. The van der Waals surface area contributed by atoms with E-state index in [1.54, 1.807) is 13.0 Å². The van der Waals surface area contributed by atoms with E-state index in [0.29, 0.717) is 12.1 Å². The minimum absolute atomic E-state index is 0.0593. The molecule has 76 valence electrons. The number of benzene rings is 1. The van der Waals surface area contributed by atoms with Crippen LogP contribution in [0, 0.1) is 5.82 Å². The lowest BCUT2D eigenvalue weighted by Crippen LogP contribution is -2.23. The summed E-state index contributed by atoms with van der Waals surface area (Å²) in [6.07, 6.45) is 0. The van der Waals surface area contributed by atoms with Crippen LogP contribution in [0.5, 0.6) is 0 Å². The summed E-state index contributed by atoms with van der Waals surface area (Å²) in [7, 11) is 0. The van der Waals surface area contributed by atoms with Gasteiger partial charge in [0, 0.05) is 13.1 Å². The molecule has 0 unspecified atom stereocenters. The molecule has 0 heterocycles. The Balaban J connectivity index is 2.94. The summed E-state index contributed by atoms with van der Waals surface area (Å²) in [6.45, 7) is 2.54. The summed E-state index contributed by atoms with van der Waals surface area (Å²) >= 11 is 0. The fourth-order valence-corrected chi connectivity index (χ4v) is 1.13. The number of nitrogens with one attached hydrogen (secondary N) is 1. The lowest BCUT2D eigenvalue weighted by Gasteiger charge is -2.04. The van der Waals surface area contributed by atoms with Gasteiger partial charge < -0.3 is 11.1 Å². The highest BCUT2D eigenvalue weighted by Gasteiger charge is 2.10. The van der Waals surface area contributed by atoms with Gasteiger partial charge in [0.1, 0.15) is 5.82 Å². The van der Waals surface area contributed by atoms with E-state index in [1.165, 1.54) is 12.1 Å². The van der Waals surface area contributed by atoms with Crippen LogP contribution in [0.3, 0.4) is 0 Å². The lowest BCUT2D eigenvalue weighted by molar-refractivity contribution is 0.0952. The summed E-state index contributed by atoms with van der Waals surface area (Å²) in [4.78, 5) is 11.3. The highest BCUT2D eigenvalue weighted by Crippen LogP contribution is 2.09. The third-order valence-electron chi connectivity index (χ3n) is 1.85. The first-order valence-corrected chi connectivity index (χ1v) is 4.45. The summed E-state index contributed by atoms with van der Waals surface area (Å²) in [5.41, 5.74) is 6.07. The zero-order chi connectivity index (χ0) is 10.6. The van der Waals surface area contributed by atoms with Gasteiger partial charge in [-0.2, -0.15) is 0 Å². The van der Waals surface area contributed by atoms with E-state index in [0.717, 1.165) is 0 Å². The number of nitrogens with two attached hydrogens (primary N) is 1. The molecular weight excluding hydrogens is 183 g/mol. The molecular formula is C10H13FN2O. The van der Waals surface area contributed by atoms with E-state index in [1.807, 2.05) is 0 Å². The van der Waals surface area contributed by atoms with Crippen molar-refractivity contribution in [3.63, 3.8) is 0 Å². The number of amides is 1. The van der Waals surface area contributed by atoms with Crippen LogP contribution in [0.15, 0.2) is 18.2 Å². The van der Waals surface area contributed by atoms with Crippen LogP contribution in [0.4, 0.5) is 4.39 Å². The fourth-order valence-electron chi connectivity index (χ4n) is 1.13. The second-order valence-corrected chi connectivity index (χ2v) is 2.88. The molecule has 3 N–H and O–H groups in total. The Labute approximate surface area is 82.1 Å².